The summed E-state index contributed by atoms with van der Waals surface area (Å²) in [7, 11) is 0. The van der Waals surface area contributed by atoms with Gasteiger partial charge in [0.05, 0.1) is 11.1 Å². The first kappa shape index (κ1) is 13.2. The predicted octanol–water partition coefficient (Wildman–Crippen LogP) is 2.83. The monoisotopic (exact) mass is 272 g/mol. The molecule has 2 aliphatic rings. The summed E-state index contributed by atoms with van der Waals surface area (Å²) in [5.74, 6) is 0.0173. The van der Waals surface area contributed by atoms with Crippen molar-refractivity contribution in [3.8, 4) is 0 Å². The fraction of sp³-hybridized carbons (Fsp3) is 0.500. The molecule has 106 valence electrons. The van der Waals surface area contributed by atoms with E-state index in [0.29, 0.717) is 22.7 Å². The zero-order chi connectivity index (χ0) is 14.3. The molecule has 1 unspecified atom stereocenters. The molecule has 1 aliphatic heterocycles. The number of benzene rings is 1. The minimum Gasteiger partial charge on any atom is -0.398 e. The van der Waals surface area contributed by atoms with Crippen molar-refractivity contribution in [2.45, 2.75) is 45.1 Å². The molecule has 20 heavy (non-hydrogen) atoms. The Kier molecular flexibility index (Phi) is 3.24. The number of hydrogen-bond acceptors (Lipinski definition) is 3. The SMILES string of the molecule is CC(C1CCCCC1)N1C(=O)c2cccc(N)c2C1=O. The molecule has 0 bridgehead atoms. The number of hydrogen-bond donors (Lipinski definition) is 1. The van der Waals surface area contributed by atoms with Gasteiger partial charge in [-0.2, -0.15) is 0 Å². The minimum atomic E-state index is -0.221. The second-order valence-electron chi connectivity index (χ2n) is 5.89. The van der Waals surface area contributed by atoms with E-state index in [1.54, 1.807) is 18.2 Å². The van der Waals surface area contributed by atoms with Crippen LogP contribution in [0.25, 0.3) is 0 Å². The van der Waals surface area contributed by atoms with Gasteiger partial charge < -0.3 is 5.73 Å². The van der Waals surface area contributed by atoms with Gasteiger partial charge in [-0.15, -0.1) is 0 Å². The number of anilines is 1. The quantitative estimate of drug-likeness (QED) is 0.665. The molecule has 1 atom stereocenters. The maximum Gasteiger partial charge on any atom is 0.263 e. The predicted molar refractivity (Wildman–Crippen MR) is 77.4 cm³/mol. The molecule has 1 aromatic carbocycles. The molecule has 0 radical (unpaired) electrons. The first-order valence-electron chi connectivity index (χ1n) is 7.37. The second-order valence-corrected chi connectivity index (χ2v) is 5.89. The Hall–Kier alpha value is -1.84. The highest BCUT2D eigenvalue weighted by atomic mass is 16.2. The normalized spacial score (nSPS) is 21.1. The third-order valence-corrected chi connectivity index (χ3v) is 4.72. The molecular formula is C16H20N2O2. The number of carbonyl (C=O) groups is 2. The summed E-state index contributed by atoms with van der Waals surface area (Å²) in [5.41, 5.74) is 7.11. The Balaban J connectivity index is 1.91. The molecule has 1 heterocycles. The zero-order valence-electron chi connectivity index (χ0n) is 11.8. The summed E-state index contributed by atoms with van der Waals surface area (Å²) >= 11 is 0. The van der Waals surface area contributed by atoms with Gasteiger partial charge in [0.15, 0.2) is 0 Å². The molecule has 2 amide bonds. The first-order valence-corrected chi connectivity index (χ1v) is 7.37. The lowest BCUT2D eigenvalue weighted by molar-refractivity contribution is 0.0521. The maximum absolute atomic E-state index is 12.5. The first-order chi connectivity index (χ1) is 9.61. The fourth-order valence-electron chi connectivity index (χ4n) is 3.53. The third kappa shape index (κ3) is 1.90. The van der Waals surface area contributed by atoms with Crippen LogP contribution in [-0.4, -0.2) is 22.8 Å². The van der Waals surface area contributed by atoms with Gasteiger partial charge in [0, 0.05) is 11.7 Å². The zero-order valence-corrected chi connectivity index (χ0v) is 11.8. The lowest BCUT2D eigenvalue weighted by Gasteiger charge is -2.32. The Morgan fingerprint density at radius 3 is 2.50 bits per heavy atom. The van der Waals surface area contributed by atoms with Gasteiger partial charge >= 0.3 is 0 Å². The van der Waals surface area contributed by atoms with E-state index in [2.05, 4.69) is 0 Å². The molecule has 0 spiro atoms. The summed E-state index contributed by atoms with van der Waals surface area (Å²) in [6.45, 7) is 1.99. The van der Waals surface area contributed by atoms with Gasteiger partial charge in [-0.3, -0.25) is 14.5 Å². The molecule has 1 saturated carbocycles. The number of rotatable bonds is 2. The standard InChI is InChI=1S/C16H20N2O2/c1-10(11-6-3-2-4-7-11)18-15(19)12-8-5-9-13(17)14(12)16(18)20/h5,8-11H,2-4,6-7,17H2,1H3. The maximum atomic E-state index is 12.5. The van der Waals surface area contributed by atoms with Crippen LogP contribution in [0.2, 0.25) is 0 Å². The number of carbonyl (C=O) groups excluding carboxylic acids is 2. The average molecular weight is 272 g/mol. The van der Waals surface area contributed by atoms with E-state index < -0.39 is 0 Å². The lowest BCUT2D eigenvalue weighted by atomic mass is 9.84. The van der Waals surface area contributed by atoms with Crippen LogP contribution in [-0.2, 0) is 0 Å². The van der Waals surface area contributed by atoms with Crippen LogP contribution in [0, 0.1) is 5.92 Å². The molecule has 0 saturated heterocycles. The van der Waals surface area contributed by atoms with Crippen molar-refractivity contribution >= 4 is 17.5 Å². The van der Waals surface area contributed by atoms with Crippen molar-refractivity contribution in [2.75, 3.05) is 5.73 Å². The molecule has 4 nitrogen and oxygen atoms in total. The average Bonchev–Trinajstić information content (AvgIpc) is 2.72. The van der Waals surface area contributed by atoms with Crippen molar-refractivity contribution in [1.82, 2.24) is 4.90 Å². The topological polar surface area (TPSA) is 63.4 Å². The van der Waals surface area contributed by atoms with Crippen molar-refractivity contribution in [1.29, 1.82) is 0 Å². The van der Waals surface area contributed by atoms with E-state index in [1.807, 2.05) is 6.92 Å². The Bertz CT molecular complexity index is 562. The molecule has 1 aliphatic carbocycles. The second kappa shape index (κ2) is 4.93. The van der Waals surface area contributed by atoms with Gasteiger partial charge in [0.2, 0.25) is 0 Å². The van der Waals surface area contributed by atoms with Crippen molar-refractivity contribution in [2.24, 2.45) is 5.92 Å². The Morgan fingerprint density at radius 2 is 1.85 bits per heavy atom. The molecule has 1 fully saturated rings. The third-order valence-electron chi connectivity index (χ3n) is 4.72. The largest absolute Gasteiger partial charge is 0.398 e. The van der Waals surface area contributed by atoms with Gasteiger partial charge in [0.25, 0.3) is 11.8 Å². The van der Waals surface area contributed by atoms with E-state index in [0.717, 1.165) is 12.8 Å². The summed E-state index contributed by atoms with van der Waals surface area (Å²) in [6.07, 6.45) is 5.85. The number of nitrogens with two attached hydrogens (primary N) is 1. The number of amides is 2. The highest BCUT2D eigenvalue weighted by molar-refractivity contribution is 6.23. The molecule has 3 rings (SSSR count). The number of nitrogen functional groups attached to an aromatic ring is 1. The van der Waals surface area contributed by atoms with E-state index in [4.69, 9.17) is 5.73 Å². The van der Waals surface area contributed by atoms with Crippen LogP contribution in [0.4, 0.5) is 5.69 Å². The Labute approximate surface area is 118 Å². The minimum absolute atomic E-state index is 0.0397. The van der Waals surface area contributed by atoms with Gasteiger partial charge in [-0.1, -0.05) is 25.3 Å². The van der Waals surface area contributed by atoms with Gasteiger partial charge in [0.1, 0.15) is 0 Å². The van der Waals surface area contributed by atoms with Crippen molar-refractivity contribution < 1.29 is 9.59 Å². The van der Waals surface area contributed by atoms with Crippen molar-refractivity contribution in [3.05, 3.63) is 29.3 Å². The van der Waals surface area contributed by atoms with E-state index in [1.165, 1.54) is 24.2 Å². The van der Waals surface area contributed by atoms with Crippen LogP contribution in [0.1, 0.15) is 59.7 Å². The van der Waals surface area contributed by atoms with E-state index in [-0.39, 0.29) is 17.9 Å². The van der Waals surface area contributed by atoms with Crippen LogP contribution in [0.15, 0.2) is 18.2 Å². The number of imide groups is 1. The number of fused-ring (bicyclic) bond motifs is 1. The molecule has 2 N–H and O–H groups in total. The van der Waals surface area contributed by atoms with Gasteiger partial charge in [-0.05, 0) is 37.8 Å². The summed E-state index contributed by atoms with van der Waals surface area (Å²) in [6, 6.07) is 5.06. The lowest BCUT2D eigenvalue weighted by Crippen LogP contribution is -2.43. The van der Waals surface area contributed by atoms with Crippen LogP contribution < -0.4 is 5.73 Å². The van der Waals surface area contributed by atoms with Crippen molar-refractivity contribution in [3.63, 3.8) is 0 Å². The summed E-state index contributed by atoms with van der Waals surface area (Å²) < 4.78 is 0. The molecular weight excluding hydrogens is 252 g/mol. The fourth-order valence-corrected chi connectivity index (χ4v) is 3.53. The summed E-state index contributed by atoms with van der Waals surface area (Å²) in [5, 5.41) is 0. The van der Waals surface area contributed by atoms with Crippen LogP contribution >= 0.6 is 0 Å². The van der Waals surface area contributed by atoms with E-state index >= 15 is 0 Å². The van der Waals surface area contributed by atoms with Crippen LogP contribution in [0.3, 0.4) is 0 Å². The highest BCUT2D eigenvalue weighted by Gasteiger charge is 2.41. The number of nitrogens with zero attached hydrogens (tertiary/aromatic N) is 1. The molecule has 0 aromatic heterocycles. The smallest absolute Gasteiger partial charge is 0.263 e. The van der Waals surface area contributed by atoms with Gasteiger partial charge in [-0.25, -0.2) is 0 Å². The Morgan fingerprint density at radius 1 is 1.15 bits per heavy atom. The summed E-state index contributed by atoms with van der Waals surface area (Å²) in [4.78, 5) is 26.5. The highest BCUT2D eigenvalue weighted by Crippen LogP contribution is 2.34. The molecule has 1 aromatic rings. The van der Waals surface area contributed by atoms with E-state index in [9.17, 15) is 9.59 Å². The molecule has 4 heteroatoms. The van der Waals surface area contributed by atoms with Crippen LogP contribution in [0.5, 0.6) is 0 Å².